The number of hydrogen-bond donors (Lipinski definition) is 2. The molecular weight excluding hydrogens is 390 g/mol. The van der Waals surface area contributed by atoms with Crippen LogP contribution in [0, 0.1) is 0 Å². The molecule has 3 N–H and O–H groups in total. The van der Waals surface area contributed by atoms with Gasteiger partial charge >= 0.3 is 0 Å². The van der Waals surface area contributed by atoms with Crippen LogP contribution in [-0.4, -0.2) is 38.9 Å². The normalized spacial score (nSPS) is 11.7. The summed E-state index contributed by atoms with van der Waals surface area (Å²) in [6, 6.07) is 14.1. The van der Waals surface area contributed by atoms with Crippen molar-refractivity contribution in [2.45, 2.75) is 24.3 Å². The maximum atomic E-state index is 12.6. The van der Waals surface area contributed by atoms with Gasteiger partial charge in [-0.05, 0) is 50.2 Å². The first-order valence-corrected chi connectivity index (χ1v) is 9.71. The number of thioether (sulfide) groups is 1. The van der Waals surface area contributed by atoms with Gasteiger partial charge in [0.2, 0.25) is 11.1 Å². The van der Waals surface area contributed by atoms with Gasteiger partial charge in [0.25, 0.3) is 0 Å². The van der Waals surface area contributed by atoms with E-state index in [9.17, 15) is 9.59 Å². The van der Waals surface area contributed by atoms with Crippen molar-refractivity contribution in [3.63, 3.8) is 0 Å². The van der Waals surface area contributed by atoms with Crippen LogP contribution >= 0.6 is 11.8 Å². The van der Waals surface area contributed by atoms with Gasteiger partial charge < -0.3 is 15.9 Å². The molecule has 0 radical (unpaired) electrons. The van der Waals surface area contributed by atoms with E-state index in [-0.39, 0.29) is 11.7 Å². The monoisotopic (exact) mass is 411 g/mol. The quantitative estimate of drug-likeness (QED) is 0.349. The second-order valence-electron chi connectivity index (χ2n) is 6.26. The van der Waals surface area contributed by atoms with Crippen LogP contribution < -0.4 is 15.9 Å². The molecule has 3 rings (SSSR count). The summed E-state index contributed by atoms with van der Waals surface area (Å²) in [4.78, 5) is 24.3. The molecule has 9 heteroatoms. The number of nitrogens with zero attached hydrogens (tertiary/aromatic N) is 3. The summed E-state index contributed by atoms with van der Waals surface area (Å²) >= 11 is 1.18. The molecule has 0 aliphatic rings. The number of anilines is 1. The molecule has 0 saturated carbocycles. The van der Waals surface area contributed by atoms with E-state index in [1.165, 1.54) is 23.4 Å². The van der Waals surface area contributed by atoms with E-state index in [4.69, 9.17) is 10.6 Å². The number of ketones is 1. The van der Waals surface area contributed by atoms with Crippen molar-refractivity contribution in [2.24, 2.45) is 0 Å². The van der Waals surface area contributed by atoms with Crippen LogP contribution in [0.15, 0.2) is 53.7 Å². The Hall–Kier alpha value is -3.33. The van der Waals surface area contributed by atoms with E-state index < -0.39 is 5.25 Å². The van der Waals surface area contributed by atoms with Crippen LogP contribution in [0.1, 0.15) is 24.2 Å². The minimum Gasteiger partial charge on any atom is -0.497 e. The zero-order chi connectivity index (χ0) is 21.0. The lowest BCUT2D eigenvalue weighted by molar-refractivity contribution is -0.115. The minimum atomic E-state index is -0.509. The fourth-order valence-corrected chi connectivity index (χ4v) is 3.41. The van der Waals surface area contributed by atoms with Crippen molar-refractivity contribution in [2.75, 3.05) is 18.3 Å². The van der Waals surface area contributed by atoms with E-state index >= 15 is 0 Å². The third-order valence-electron chi connectivity index (χ3n) is 4.23. The second kappa shape index (κ2) is 8.78. The first-order valence-electron chi connectivity index (χ1n) is 8.83. The minimum absolute atomic E-state index is 0.118. The number of nitrogens with two attached hydrogens (primary N) is 1. The molecule has 1 amide bonds. The van der Waals surface area contributed by atoms with E-state index in [0.717, 1.165) is 11.3 Å². The van der Waals surface area contributed by atoms with Crippen molar-refractivity contribution in [3.8, 4) is 17.1 Å². The highest BCUT2D eigenvalue weighted by Gasteiger charge is 2.21. The molecule has 1 aromatic heterocycles. The van der Waals surface area contributed by atoms with E-state index in [0.29, 0.717) is 22.2 Å². The lowest BCUT2D eigenvalue weighted by atomic mass is 10.1. The number of carbonyl (C=O) groups excluding carboxylic acids is 2. The summed E-state index contributed by atoms with van der Waals surface area (Å²) in [6.45, 7) is 3.19. The number of aromatic nitrogens is 3. The summed E-state index contributed by atoms with van der Waals surface area (Å²) in [5, 5.41) is 10.9. The zero-order valence-corrected chi connectivity index (χ0v) is 17.1. The maximum Gasteiger partial charge on any atom is 0.237 e. The number of ether oxygens (including phenoxy) is 1. The molecule has 1 heterocycles. The first-order chi connectivity index (χ1) is 13.9. The van der Waals surface area contributed by atoms with Gasteiger partial charge in [-0.2, -0.15) is 0 Å². The van der Waals surface area contributed by atoms with E-state index in [2.05, 4.69) is 15.5 Å². The van der Waals surface area contributed by atoms with Crippen molar-refractivity contribution >= 4 is 29.1 Å². The van der Waals surface area contributed by atoms with Gasteiger partial charge in [-0.15, -0.1) is 10.2 Å². The third-order valence-corrected chi connectivity index (χ3v) is 5.29. The number of nitrogen functional groups attached to an aromatic ring is 1. The van der Waals surface area contributed by atoms with Crippen LogP contribution in [0.2, 0.25) is 0 Å². The topological polar surface area (TPSA) is 112 Å². The molecular formula is C20H21N5O3S. The average Bonchev–Trinajstić information content (AvgIpc) is 3.08. The Morgan fingerprint density at radius 3 is 2.48 bits per heavy atom. The Labute approximate surface area is 172 Å². The Morgan fingerprint density at radius 2 is 1.83 bits per heavy atom. The molecule has 0 spiro atoms. The van der Waals surface area contributed by atoms with Crippen molar-refractivity contribution in [1.82, 2.24) is 14.9 Å². The van der Waals surface area contributed by atoms with Crippen LogP contribution in [0.5, 0.6) is 5.75 Å². The molecule has 0 bridgehead atoms. The lowest BCUT2D eigenvalue weighted by Crippen LogP contribution is -2.24. The number of benzene rings is 2. The zero-order valence-electron chi connectivity index (χ0n) is 16.2. The summed E-state index contributed by atoms with van der Waals surface area (Å²) in [5.74, 6) is 6.95. The largest absolute Gasteiger partial charge is 0.497 e. The van der Waals surface area contributed by atoms with Crippen molar-refractivity contribution < 1.29 is 14.3 Å². The molecule has 2 aromatic carbocycles. The summed E-state index contributed by atoms with van der Waals surface area (Å²) in [6.07, 6.45) is 0. The standard InChI is InChI=1S/C20H21N5O3S/c1-12(26)16-6-4-5-7-17(16)22-19(27)13(2)29-20-24-23-18(25(20)21)14-8-10-15(28-3)11-9-14/h4-11,13H,21H2,1-3H3,(H,22,27)/t13-/m1/s1. The SMILES string of the molecule is COc1ccc(-c2nnc(S[C@H](C)C(=O)Nc3ccccc3C(C)=O)n2N)cc1. The van der Waals surface area contributed by atoms with Crippen LogP contribution in [0.25, 0.3) is 11.4 Å². The number of carbonyl (C=O) groups is 2. The van der Waals surface area contributed by atoms with E-state index in [1.807, 2.05) is 12.1 Å². The van der Waals surface area contributed by atoms with Gasteiger partial charge in [-0.3, -0.25) is 9.59 Å². The average molecular weight is 411 g/mol. The number of amides is 1. The van der Waals surface area contributed by atoms with Crippen molar-refractivity contribution in [1.29, 1.82) is 0 Å². The summed E-state index contributed by atoms with van der Waals surface area (Å²) < 4.78 is 6.49. The Bertz CT molecular complexity index is 1030. The number of hydrogen-bond acceptors (Lipinski definition) is 7. The highest BCUT2D eigenvalue weighted by Crippen LogP contribution is 2.27. The molecule has 0 aliphatic heterocycles. The van der Waals surface area contributed by atoms with Gasteiger partial charge in [0.15, 0.2) is 11.6 Å². The molecule has 150 valence electrons. The fraction of sp³-hybridized carbons (Fsp3) is 0.200. The van der Waals surface area contributed by atoms with Gasteiger partial charge in [0.1, 0.15) is 5.75 Å². The molecule has 1 atom stereocenters. The molecule has 0 fully saturated rings. The molecule has 3 aromatic rings. The Kier molecular flexibility index (Phi) is 6.18. The highest BCUT2D eigenvalue weighted by molar-refractivity contribution is 8.00. The highest BCUT2D eigenvalue weighted by atomic mass is 32.2. The van der Waals surface area contributed by atoms with Crippen LogP contribution in [-0.2, 0) is 4.79 Å². The second-order valence-corrected chi connectivity index (χ2v) is 7.56. The van der Waals surface area contributed by atoms with Gasteiger partial charge in [0, 0.05) is 11.1 Å². The van der Waals surface area contributed by atoms with Gasteiger partial charge in [0.05, 0.1) is 18.0 Å². The number of nitrogens with one attached hydrogen (secondary N) is 1. The fourth-order valence-electron chi connectivity index (χ4n) is 2.64. The number of methoxy groups -OCH3 is 1. The Balaban J connectivity index is 1.72. The molecule has 0 unspecified atom stereocenters. The number of rotatable bonds is 7. The Morgan fingerprint density at radius 1 is 1.14 bits per heavy atom. The lowest BCUT2D eigenvalue weighted by Gasteiger charge is -2.13. The predicted octanol–water partition coefficient (Wildman–Crippen LogP) is 2.99. The first kappa shape index (κ1) is 20.4. The van der Waals surface area contributed by atoms with Gasteiger partial charge in [-0.1, -0.05) is 23.9 Å². The number of para-hydroxylation sites is 1. The molecule has 0 saturated heterocycles. The summed E-state index contributed by atoms with van der Waals surface area (Å²) in [7, 11) is 1.59. The molecule has 8 nitrogen and oxygen atoms in total. The van der Waals surface area contributed by atoms with Crippen LogP contribution in [0.4, 0.5) is 5.69 Å². The molecule has 29 heavy (non-hydrogen) atoms. The number of Topliss-reactive ketones (excluding diaryl/α,β-unsaturated/α-hetero) is 1. The van der Waals surface area contributed by atoms with Crippen LogP contribution in [0.3, 0.4) is 0 Å². The maximum absolute atomic E-state index is 12.6. The van der Waals surface area contributed by atoms with E-state index in [1.54, 1.807) is 50.4 Å². The van der Waals surface area contributed by atoms with Crippen molar-refractivity contribution in [3.05, 3.63) is 54.1 Å². The van der Waals surface area contributed by atoms with Gasteiger partial charge in [-0.25, -0.2) is 4.68 Å². The summed E-state index contributed by atoms with van der Waals surface area (Å²) in [5.41, 5.74) is 1.72. The smallest absolute Gasteiger partial charge is 0.237 e. The molecule has 0 aliphatic carbocycles. The predicted molar refractivity (Wildman–Crippen MR) is 113 cm³/mol. The third kappa shape index (κ3) is 4.57.